The summed E-state index contributed by atoms with van der Waals surface area (Å²) in [6.07, 6.45) is 0. The van der Waals surface area contributed by atoms with E-state index in [1.165, 1.54) is 44.4 Å². The lowest BCUT2D eigenvalue weighted by atomic mass is 9.86. The number of hydrogen-bond donors (Lipinski definition) is 0. The van der Waals surface area contributed by atoms with Crippen LogP contribution in [0.1, 0.15) is 77.3 Å². The monoisotopic (exact) mass is 399 g/mol. The van der Waals surface area contributed by atoms with E-state index < -0.39 is 0 Å². The molecule has 2 heteroatoms. The molecule has 0 radical (unpaired) electrons. The average Bonchev–Trinajstić information content (AvgIpc) is 2.99. The van der Waals surface area contributed by atoms with E-state index in [0.717, 1.165) is 0 Å². The Kier molecular flexibility index (Phi) is 5.00. The van der Waals surface area contributed by atoms with Crippen LogP contribution in [0, 0.1) is 0 Å². The summed E-state index contributed by atoms with van der Waals surface area (Å²) in [5, 5.41) is 2.71. The first-order chi connectivity index (χ1) is 14.1. The van der Waals surface area contributed by atoms with Crippen molar-refractivity contribution in [2.75, 3.05) is 0 Å². The number of imidazole rings is 1. The predicted octanol–water partition coefficient (Wildman–Crippen LogP) is 7.15. The lowest BCUT2D eigenvalue weighted by Gasteiger charge is -2.23. The normalized spacial score (nSPS) is 12.6. The summed E-state index contributed by atoms with van der Waals surface area (Å²) in [5.74, 6) is 2.19. The number of hydrogen-bond acceptors (Lipinski definition) is 0. The van der Waals surface area contributed by atoms with Gasteiger partial charge in [-0.05, 0) is 61.6 Å². The molecule has 1 aromatic heterocycles. The molecular weight excluding hydrogens is 364 g/mol. The maximum Gasteiger partial charge on any atom is 0.267 e. The molecule has 0 saturated carbocycles. The fraction of sp³-hybridized carbons (Fsp3) is 0.393. The molecule has 0 unspecified atom stereocenters. The van der Waals surface area contributed by atoms with Crippen molar-refractivity contribution < 1.29 is 4.57 Å². The van der Waals surface area contributed by atoms with Crippen molar-refractivity contribution in [3.63, 3.8) is 0 Å². The molecule has 4 rings (SSSR count). The molecule has 0 aliphatic carbocycles. The molecule has 0 atom stereocenters. The first-order valence-electron chi connectivity index (χ1n) is 11.2. The van der Waals surface area contributed by atoms with Gasteiger partial charge >= 0.3 is 0 Å². The Bertz CT molecular complexity index is 1230. The summed E-state index contributed by atoms with van der Waals surface area (Å²) in [4.78, 5) is 0. The highest BCUT2D eigenvalue weighted by Crippen LogP contribution is 2.40. The van der Waals surface area contributed by atoms with Crippen molar-refractivity contribution >= 4 is 21.8 Å². The molecule has 0 bridgehead atoms. The molecule has 2 nitrogen and oxygen atoms in total. The van der Waals surface area contributed by atoms with Crippen molar-refractivity contribution in [2.45, 2.75) is 65.7 Å². The highest BCUT2D eigenvalue weighted by Gasteiger charge is 2.36. The minimum atomic E-state index is 0.00190. The second-order valence-electron chi connectivity index (χ2n) is 10.2. The molecule has 4 aromatic rings. The van der Waals surface area contributed by atoms with E-state index in [-0.39, 0.29) is 5.41 Å². The fourth-order valence-corrected chi connectivity index (χ4v) is 5.04. The average molecular weight is 400 g/mol. The van der Waals surface area contributed by atoms with Crippen molar-refractivity contribution in [1.82, 2.24) is 4.57 Å². The number of para-hydroxylation sites is 2. The summed E-state index contributed by atoms with van der Waals surface area (Å²) < 4.78 is 4.95. The summed E-state index contributed by atoms with van der Waals surface area (Å²) in [6, 6.07) is 20.1. The molecular formula is C28H35N2+. The van der Waals surface area contributed by atoms with Crippen molar-refractivity contribution in [1.29, 1.82) is 0 Å². The Morgan fingerprint density at radius 2 is 1.47 bits per heavy atom. The van der Waals surface area contributed by atoms with E-state index in [1.807, 2.05) is 0 Å². The first kappa shape index (κ1) is 20.7. The number of aromatic nitrogens is 2. The molecule has 0 N–H and O–H groups in total. The van der Waals surface area contributed by atoms with Gasteiger partial charge in [0.25, 0.3) is 5.82 Å². The third-order valence-electron chi connectivity index (χ3n) is 6.20. The van der Waals surface area contributed by atoms with Gasteiger partial charge in [0.05, 0.1) is 12.5 Å². The van der Waals surface area contributed by atoms with Gasteiger partial charge < -0.3 is 0 Å². The molecule has 3 aromatic carbocycles. The topological polar surface area (TPSA) is 8.81 Å². The van der Waals surface area contributed by atoms with Gasteiger partial charge in [0, 0.05) is 11.1 Å². The van der Waals surface area contributed by atoms with E-state index in [4.69, 9.17) is 0 Å². The Morgan fingerprint density at radius 3 is 2.10 bits per heavy atom. The first-order valence-corrected chi connectivity index (χ1v) is 11.2. The van der Waals surface area contributed by atoms with Gasteiger partial charge in [0.2, 0.25) is 0 Å². The van der Waals surface area contributed by atoms with Crippen LogP contribution in [0.3, 0.4) is 0 Å². The molecule has 156 valence electrons. The molecule has 0 saturated heterocycles. The molecule has 0 amide bonds. The van der Waals surface area contributed by atoms with Gasteiger partial charge in [-0.15, -0.1) is 0 Å². The zero-order chi connectivity index (χ0) is 21.8. The van der Waals surface area contributed by atoms with E-state index in [1.54, 1.807) is 0 Å². The van der Waals surface area contributed by atoms with Gasteiger partial charge in [-0.25, -0.2) is 4.57 Å². The van der Waals surface area contributed by atoms with Crippen LogP contribution in [-0.4, -0.2) is 4.57 Å². The highest BCUT2D eigenvalue weighted by molar-refractivity contribution is 5.92. The summed E-state index contributed by atoms with van der Waals surface area (Å²) in [5.41, 5.74) is 6.80. The quantitative estimate of drug-likeness (QED) is 0.323. The van der Waals surface area contributed by atoms with Crippen LogP contribution in [0.5, 0.6) is 0 Å². The molecule has 0 spiro atoms. The van der Waals surface area contributed by atoms with Crippen LogP contribution >= 0.6 is 0 Å². The predicted molar refractivity (Wildman–Crippen MR) is 129 cm³/mol. The summed E-state index contributed by atoms with van der Waals surface area (Å²) in [6.45, 7) is 16.3. The third kappa shape index (κ3) is 3.14. The highest BCUT2D eigenvalue weighted by atomic mass is 15.2. The SMILES string of the molecule is CC(C)c1cc2ccccc2c(C(C)C)c1-n1c(C(C)(C)C)[n+](C)c2ccccc21. The Balaban J connectivity index is 2.30. The largest absolute Gasteiger partial charge is 0.267 e. The van der Waals surface area contributed by atoms with Crippen LogP contribution in [0.2, 0.25) is 0 Å². The Hall–Kier alpha value is -2.61. The van der Waals surface area contributed by atoms with Crippen LogP contribution < -0.4 is 4.57 Å². The smallest absolute Gasteiger partial charge is 0.229 e. The van der Waals surface area contributed by atoms with Gasteiger partial charge in [0.1, 0.15) is 5.69 Å². The molecule has 0 fully saturated rings. The zero-order valence-corrected chi connectivity index (χ0v) is 19.7. The number of benzene rings is 3. The Labute approximate surface area is 181 Å². The van der Waals surface area contributed by atoms with E-state index in [2.05, 4.69) is 119 Å². The van der Waals surface area contributed by atoms with Crippen LogP contribution in [0.25, 0.3) is 27.5 Å². The van der Waals surface area contributed by atoms with Crippen LogP contribution in [0.15, 0.2) is 54.6 Å². The van der Waals surface area contributed by atoms with Crippen molar-refractivity contribution in [2.24, 2.45) is 7.05 Å². The van der Waals surface area contributed by atoms with Crippen molar-refractivity contribution in [3.05, 3.63) is 71.5 Å². The lowest BCUT2D eigenvalue weighted by molar-refractivity contribution is -0.657. The number of aryl methyl sites for hydroxylation is 1. The van der Waals surface area contributed by atoms with Gasteiger partial charge in [-0.1, -0.05) is 64.1 Å². The summed E-state index contributed by atoms with van der Waals surface area (Å²) in [7, 11) is 2.21. The number of fused-ring (bicyclic) bond motifs is 2. The van der Waals surface area contributed by atoms with Crippen LogP contribution in [-0.2, 0) is 12.5 Å². The summed E-state index contributed by atoms with van der Waals surface area (Å²) >= 11 is 0. The zero-order valence-electron chi connectivity index (χ0n) is 19.7. The maximum atomic E-state index is 2.56. The molecule has 0 aliphatic heterocycles. The fourth-order valence-electron chi connectivity index (χ4n) is 5.04. The Morgan fingerprint density at radius 1 is 0.833 bits per heavy atom. The lowest BCUT2D eigenvalue weighted by Crippen LogP contribution is -2.39. The van der Waals surface area contributed by atoms with E-state index in [0.29, 0.717) is 11.8 Å². The molecule has 30 heavy (non-hydrogen) atoms. The maximum absolute atomic E-state index is 2.56. The van der Waals surface area contributed by atoms with Gasteiger partial charge in [0.15, 0.2) is 11.0 Å². The third-order valence-corrected chi connectivity index (χ3v) is 6.20. The number of nitrogens with zero attached hydrogens (tertiary/aromatic N) is 2. The minimum Gasteiger partial charge on any atom is -0.229 e. The van der Waals surface area contributed by atoms with Crippen molar-refractivity contribution in [3.8, 4) is 5.69 Å². The molecule has 0 aliphatic rings. The second kappa shape index (κ2) is 7.27. The standard InChI is InChI=1S/C28H35N2/c1-18(2)22-17-20-13-9-10-14-21(20)25(19(3)4)26(22)30-24-16-12-11-15-23(24)29(8)27(30)28(5,6)7/h9-19H,1-8H3/q+1. The van der Waals surface area contributed by atoms with Gasteiger partial charge in [-0.3, -0.25) is 0 Å². The van der Waals surface area contributed by atoms with E-state index in [9.17, 15) is 0 Å². The molecule has 1 heterocycles. The van der Waals surface area contributed by atoms with Crippen LogP contribution in [0.4, 0.5) is 0 Å². The van der Waals surface area contributed by atoms with Gasteiger partial charge in [-0.2, -0.15) is 4.57 Å². The number of rotatable bonds is 3. The second-order valence-corrected chi connectivity index (χ2v) is 10.2. The van der Waals surface area contributed by atoms with E-state index >= 15 is 0 Å². The minimum absolute atomic E-state index is 0.00190.